The molecule has 0 radical (unpaired) electrons. The molecule has 1 N–H and O–H groups in total. The second-order valence-electron chi connectivity index (χ2n) is 9.76. The lowest BCUT2D eigenvalue weighted by Crippen LogP contribution is -2.57. The molecule has 0 aromatic rings. The highest BCUT2D eigenvalue weighted by Crippen LogP contribution is 2.63. The smallest absolute Gasteiger partial charge is 0.312 e. The first-order valence-corrected chi connectivity index (χ1v) is 12.3. The van der Waals surface area contributed by atoms with Gasteiger partial charge in [0.1, 0.15) is 17.6 Å². The molecule has 0 aromatic carbocycles. The van der Waals surface area contributed by atoms with Gasteiger partial charge in [-0.05, 0) is 26.7 Å². The molecule has 0 aliphatic carbocycles. The highest BCUT2D eigenvalue weighted by molar-refractivity contribution is 5.98. The molecule has 10 nitrogen and oxygen atoms in total. The summed E-state index contributed by atoms with van der Waals surface area (Å²) in [5.41, 5.74) is -1.96. The zero-order chi connectivity index (χ0) is 24.5. The summed E-state index contributed by atoms with van der Waals surface area (Å²) >= 11 is 0. The maximum absolute atomic E-state index is 14.0. The van der Waals surface area contributed by atoms with Crippen LogP contribution in [0.3, 0.4) is 0 Å². The number of esters is 1. The van der Waals surface area contributed by atoms with Gasteiger partial charge in [-0.15, -0.1) is 6.58 Å². The Morgan fingerprint density at radius 3 is 2.68 bits per heavy atom. The van der Waals surface area contributed by atoms with Crippen LogP contribution in [0.1, 0.15) is 26.7 Å². The SMILES string of the molecule is C=CCN(CCN1CCOCC1)C(=O)C1N(CCO)C(=O)[C@@H]2[C@H](C(=O)OCC)[C@]3(C)CCC12O3. The fraction of sp³-hybridized carbons (Fsp3) is 0.792. The van der Waals surface area contributed by atoms with E-state index in [-0.39, 0.29) is 31.6 Å². The molecule has 2 amide bonds. The van der Waals surface area contributed by atoms with Gasteiger partial charge in [0.05, 0.1) is 37.9 Å². The van der Waals surface area contributed by atoms with E-state index in [2.05, 4.69) is 11.5 Å². The second-order valence-corrected chi connectivity index (χ2v) is 9.76. The van der Waals surface area contributed by atoms with E-state index in [1.807, 2.05) is 6.92 Å². The van der Waals surface area contributed by atoms with Gasteiger partial charge in [-0.3, -0.25) is 19.3 Å². The second kappa shape index (κ2) is 9.93. The quantitative estimate of drug-likeness (QED) is 0.335. The van der Waals surface area contributed by atoms with Gasteiger partial charge in [0, 0.05) is 39.3 Å². The molecule has 190 valence electrons. The molecule has 4 aliphatic rings. The lowest BCUT2D eigenvalue weighted by Gasteiger charge is -2.37. The van der Waals surface area contributed by atoms with Gasteiger partial charge in [-0.25, -0.2) is 0 Å². The van der Waals surface area contributed by atoms with Crippen molar-refractivity contribution < 1.29 is 33.7 Å². The molecule has 0 saturated carbocycles. The standard InChI is InChI=1S/C24H37N3O7/c1-4-8-26(10-9-25-12-15-32-16-13-25)21(30)19-24-7-6-23(3,34-24)18(22(31)33-5-2)17(24)20(29)27(19)11-14-28/h4,17-19,28H,1,5-16H2,2-3H3/t17-,18+,19?,23-,24?/m0/s1. The summed E-state index contributed by atoms with van der Waals surface area (Å²) in [6.07, 6.45) is 2.74. The number of amides is 2. The molecule has 1 spiro atoms. The van der Waals surface area contributed by atoms with Crippen molar-refractivity contribution in [3.63, 3.8) is 0 Å². The topological polar surface area (TPSA) is 109 Å². The third kappa shape index (κ3) is 4.04. The largest absolute Gasteiger partial charge is 0.466 e. The predicted octanol–water partition coefficient (Wildman–Crippen LogP) is -0.347. The first-order valence-electron chi connectivity index (χ1n) is 12.3. The van der Waals surface area contributed by atoms with Crippen molar-refractivity contribution in [1.29, 1.82) is 0 Å². The molecule has 4 aliphatic heterocycles. The zero-order valence-electron chi connectivity index (χ0n) is 20.2. The molecule has 4 heterocycles. The van der Waals surface area contributed by atoms with Crippen LogP contribution in [0.4, 0.5) is 0 Å². The zero-order valence-corrected chi connectivity index (χ0v) is 20.2. The van der Waals surface area contributed by atoms with Crippen LogP contribution >= 0.6 is 0 Å². The monoisotopic (exact) mass is 479 g/mol. The third-order valence-corrected chi connectivity index (χ3v) is 7.84. The third-order valence-electron chi connectivity index (χ3n) is 7.84. The minimum Gasteiger partial charge on any atom is -0.466 e. The van der Waals surface area contributed by atoms with Gasteiger partial charge in [-0.2, -0.15) is 0 Å². The number of aliphatic hydroxyl groups excluding tert-OH is 1. The van der Waals surface area contributed by atoms with E-state index in [9.17, 15) is 19.5 Å². The maximum Gasteiger partial charge on any atom is 0.312 e. The summed E-state index contributed by atoms with van der Waals surface area (Å²) in [7, 11) is 0. The average Bonchev–Trinajstić information content (AvgIpc) is 3.38. The normalized spacial score (nSPS) is 34.9. The Bertz CT molecular complexity index is 816. The van der Waals surface area contributed by atoms with Crippen LogP contribution in [-0.4, -0.2) is 121 Å². The predicted molar refractivity (Wildman–Crippen MR) is 122 cm³/mol. The number of ether oxygens (including phenoxy) is 3. The van der Waals surface area contributed by atoms with E-state index in [4.69, 9.17) is 14.2 Å². The lowest BCUT2D eigenvalue weighted by molar-refractivity contribution is -0.160. The highest BCUT2D eigenvalue weighted by Gasteiger charge is 2.78. The van der Waals surface area contributed by atoms with Gasteiger partial charge in [-0.1, -0.05) is 6.08 Å². The number of carbonyl (C=O) groups excluding carboxylic acids is 3. The van der Waals surface area contributed by atoms with Crippen LogP contribution in [0.15, 0.2) is 12.7 Å². The van der Waals surface area contributed by atoms with E-state index in [0.29, 0.717) is 45.7 Å². The van der Waals surface area contributed by atoms with E-state index >= 15 is 0 Å². The van der Waals surface area contributed by atoms with Gasteiger partial charge in [0.25, 0.3) is 0 Å². The van der Waals surface area contributed by atoms with E-state index in [1.54, 1.807) is 17.9 Å². The summed E-state index contributed by atoms with van der Waals surface area (Å²) in [4.78, 5) is 46.0. The first kappa shape index (κ1) is 25.1. The summed E-state index contributed by atoms with van der Waals surface area (Å²) in [6.45, 7) is 11.8. The maximum atomic E-state index is 14.0. The van der Waals surface area contributed by atoms with Crippen LogP contribution in [0.2, 0.25) is 0 Å². The van der Waals surface area contributed by atoms with E-state index in [1.165, 1.54) is 4.90 Å². The van der Waals surface area contributed by atoms with Crippen molar-refractivity contribution >= 4 is 17.8 Å². The molecule has 0 aromatic heterocycles. The van der Waals surface area contributed by atoms with Crippen LogP contribution in [0, 0.1) is 11.8 Å². The molecule has 10 heteroatoms. The van der Waals surface area contributed by atoms with Crippen molar-refractivity contribution in [3.8, 4) is 0 Å². The van der Waals surface area contributed by atoms with E-state index < -0.39 is 35.0 Å². The van der Waals surface area contributed by atoms with Gasteiger partial charge >= 0.3 is 5.97 Å². The number of aliphatic hydroxyl groups is 1. The van der Waals surface area contributed by atoms with Gasteiger partial charge < -0.3 is 29.1 Å². The number of hydrogen-bond acceptors (Lipinski definition) is 8. The number of rotatable bonds is 10. The Morgan fingerprint density at radius 1 is 1.29 bits per heavy atom. The Kier molecular flexibility index (Phi) is 7.33. The van der Waals surface area contributed by atoms with Crippen molar-refractivity contribution in [2.75, 3.05) is 65.7 Å². The van der Waals surface area contributed by atoms with Crippen LogP contribution in [-0.2, 0) is 28.6 Å². The summed E-state index contributed by atoms with van der Waals surface area (Å²) in [5.74, 6) is -2.58. The van der Waals surface area contributed by atoms with Crippen molar-refractivity contribution in [2.24, 2.45) is 11.8 Å². The number of β-amino-alcohol motifs (C(OH)–C–C–N with tert-alkyl or cyclic N) is 1. The fourth-order valence-electron chi connectivity index (χ4n) is 6.35. The Morgan fingerprint density at radius 2 is 2.03 bits per heavy atom. The Labute approximate surface area is 200 Å². The molecule has 2 bridgehead atoms. The van der Waals surface area contributed by atoms with Crippen LogP contribution in [0.5, 0.6) is 0 Å². The molecule has 4 saturated heterocycles. The lowest BCUT2D eigenvalue weighted by atomic mass is 9.66. The average molecular weight is 480 g/mol. The number of carbonyl (C=O) groups is 3. The van der Waals surface area contributed by atoms with E-state index in [0.717, 1.165) is 13.1 Å². The molecule has 4 rings (SSSR count). The fourth-order valence-corrected chi connectivity index (χ4v) is 6.35. The minimum atomic E-state index is -1.10. The van der Waals surface area contributed by atoms with Crippen molar-refractivity contribution in [2.45, 2.75) is 43.9 Å². The summed E-state index contributed by atoms with van der Waals surface area (Å²) in [6, 6.07) is -0.900. The molecule has 34 heavy (non-hydrogen) atoms. The summed E-state index contributed by atoms with van der Waals surface area (Å²) in [5, 5.41) is 9.71. The Balaban J connectivity index is 1.63. The number of hydrogen-bond donors (Lipinski definition) is 1. The highest BCUT2D eigenvalue weighted by atomic mass is 16.6. The minimum absolute atomic E-state index is 0.00844. The van der Waals surface area contributed by atoms with Crippen LogP contribution < -0.4 is 0 Å². The molecule has 5 atom stereocenters. The molecular formula is C24H37N3O7. The van der Waals surface area contributed by atoms with Gasteiger partial charge in [0.2, 0.25) is 11.8 Å². The number of nitrogens with zero attached hydrogens (tertiary/aromatic N) is 3. The Hall–Kier alpha value is -2.01. The number of fused-ring (bicyclic) bond motifs is 1. The number of likely N-dealkylation sites (tertiary alicyclic amines) is 1. The van der Waals surface area contributed by atoms with Crippen LogP contribution in [0.25, 0.3) is 0 Å². The first-order chi connectivity index (χ1) is 16.3. The van der Waals surface area contributed by atoms with Crippen molar-refractivity contribution in [1.82, 2.24) is 14.7 Å². The number of morpholine rings is 1. The molecular weight excluding hydrogens is 442 g/mol. The van der Waals surface area contributed by atoms with Crippen molar-refractivity contribution in [3.05, 3.63) is 12.7 Å². The molecule has 2 unspecified atom stereocenters. The molecule has 4 fully saturated rings. The van der Waals surface area contributed by atoms with Gasteiger partial charge in [0.15, 0.2) is 0 Å². The summed E-state index contributed by atoms with van der Waals surface area (Å²) < 4.78 is 17.2.